The van der Waals surface area contributed by atoms with E-state index in [2.05, 4.69) is 4.74 Å². The highest BCUT2D eigenvalue weighted by molar-refractivity contribution is 6.07. The highest BCUT2D eigenvalue weighted by Crippen LogP contribution is 2.17. The Bertz CT molecular complexity index is 1030. The van der Waals surface area contributed by atoms with Crippen LogP contribution in [-0.4, -0.2) is 26.0 Å². The van der Waals surface area contributed by atoms with Crippen LogP contribution in [0, 0.1) is 0 Å². The fourth-order valence-corrected chi connectivity index (χ4v) is 2.74. The predicted octanol–water partition coefficient (Wildman–Crippen LogP) is 4.96. The third-order valence-corrected chi connectivity index (χ3v) is 4.44. The van der Waals surface area contributed by atoms with Gasteiger partial charge in [0.2, 0.25) is 0 Å². The number of hydrogen-bond acceptors (Lipinski definition) is 5. The van der Waals surface area contributed by atoms with E-state index in [-0.39, 0.29) is 11.8 Å². The van der Waals surface area contributed by atoms with E-state index in [1.54, 1.807) is 49.6 Å². The number of rotatable bonds is 8. The van der Waals surface area contributed by atoms with Gasteiger partial charge in [-0.1, -0.05) is 42.5 Å². The first-order valence-corrected chi connectivity index (χ1v) is 9.35. The first-order chi connectivity index (χ1) is 14.6. The third-order valence-electron chi connectivity index (χ3n) is 4.44. The van der Waals surface area contributed by atoms with Gasteiger partial charge in [-0.15, -0.1) is 0 Å². The molecule has 0 amide bonds. The Hall–Kier alpha value is -3.86. The third kappa shape index (κ3) is 5.58. The van der Waals surface area contributed by atoms with Gasteiger partial charge in [0.25, 0.3) is 0 Å². The molecule has 30 heavy (non-hydrogen) atoms. The second kappa shape index (κ2) is 10.1. The summed E-state index contributed by atoms with van der Waals surface area (Å²) >= 11 is 0. The molecule has 3 aromatic rings. The van der Waals surface area contributed by atoms with Gasteiger partial charge < -0.3 is 14.2 Å². The molecule has 0 aliphatic carbocycles. The number of ether oxygens (including phenoxy) is 3. The van der Waals surface area contributed by atoms with Crippen molar-refractivity contribution in [3.8, 4) is 11.5 Å². The van der Waals surface area contributed by atoms with E-state index in [4.69, 9.17) is 9.47 Å². The van der Waals surface area contributed by atoms with Crippen LogP contribution in [0.3, 0.4) is 0 Å². The highest BCUT2D eigenvalue weighted by atomic mass is 16.5. The van der Waals surface area contributed by atoms with Crippen LogP contribution in [-0.2, 0) is 11.3 Å². The summed E-state index contributed by atoms with van der Waals surface area (Å²) in [5.41, 5.74) is 2.90. The van der Waals surface area contributed by atoms with Crippen molar-refractivity contribution in [1.29, 1.82) is 0 Å². The van der Waals surface area contributed by atoms with Crippen molar-refractivity contribution in [2.75, 3.05) is 14.2 Å². The summed E-state index contributed by atoms with van der Waals surface area (Å²) in [6, 6.07) is 21.6. The average molecular weight is 402 g/mol. The lowest BCUT2D eigenvalue weighted by molar-refractivity contribution is 0.0600. The summed E-state index contributed by atoms with van der Waals surface area (Å²) in [6.45, 7) is 0.380. The number of carbonyl (C=O) groups excluding carboxylic acids is 2. The Morgan fingerprint density at radius 1 is 0.833 bits per heavy atom. The number of hydrogen-bond donors (Lipinski definition) is 0. The SMILES string of the molecule is COC(=O)c1ccc(COc2ccc(/C=C/C(=O)c3cccc(OC)c3)cc2)cc1. The maximum Gasteiger partial charge on any atom is 0.337 e. The van der Waals surface area contributed by atoms with Crippen LogP contribution >= 0.6 is 0 Å². The molecule has 0 saturated heterocycles. The quantitative estimate of drug-likeness (QED) is 0.303. The van der Waals surface area contributed by atoms with Crippen LogP contribution in [0.5, 0.6) is 11.5 Å². The fraction of sp³-hybridized carbons (Fsp3) is 0.120. The number of methoxy groups -OCH3 is 2. The lowest BCUT2D eigenvalue weighted by atomic mass is 10.1. The molecule has 0 aromatic heterocycles. The van der Waals surface area contributed by atoms with E-state index >= 15 is 0 Å². The van der Waals surface area contributed by atoms with E-state index in [9.17, 15) is 9.59 Å². The summed E-state index contributed by atoms with van der Waals surface area (Å²) in [7, 11) is 2.92. The van der Waals surface area contributed by atoms with Crippen molar-refractivity contribution in [1.82, 2.24) is 0 Å². The summed E-state index contributed by atoms with van der Waals surface area (Å²) in [5, 5.41) is 0. The van der Waals surface area contributed by atoms with Crippen LogP contribution in [0.4, 0.5) is 0 Å². The summed E-state index contributed by atoms with van der Waals surface area (Å²) in [5.74, 6) is 0.902. The molecule has 0 heterocycles. The van der Waals surface area contributed by atoms with Crippen LogP contribution in [0.15, 0.2) is 78.9 Å². The monoisotopic (exact) mass is 402 g/mol. The maximum absolute atomic E-state index is 12.3. The van der Waals surface area contributed by atoms with E-state index in [0.29, 0.717) is 29.2 Å². The molecular formula is C25H22O5. The van der Waals surface area contributed by atoms with Gasteiger partial charge in [-0.05, 0) is 53.6 Å². The standard InChI is InChI=1S/C25H22O5/c1-28-23-5-3-4-21(16-23)24(26)15-10-18-8-13-22(14-9-18)30-17-19-6-11-20(12-7-19)25(27)29-2/h3-16H,17H2,1-2H3/b15-10+. The number of allylic oxidation sites excluding steroid dienone is 1. The number of ketones is 1. The molecule has 3 rings (SSSR count). The average Bonchev–Trinajstić information content (AvgIpc) is 2.81. The molecule has 0 unspecified atom stereocenters. The first kappa shape index (κ1) is 20.9. The molecule has 0 saturated carbocycles. The Kier molecular flexibility index (Phi) is 7.00. The van der Waals surface area contributed by atoms with Gasteiger partial charge in [0.15, 0.2) is 5.78 Å². The molecule has 0 aliphatic heterocycles. The van der Waals surface area contributed by atoms with Crippen molar-refractivity contribution in [2.45, 2.75) is 6.61 Å². The molecule has 3 aromatic carbocycles. The highest BCUT2D eigenvalue weighted by Gasteiger charge is 2.05. The molecule has 0 spiro atoms. The minimum atomic E-state index is -0.365. The van der Waals surface area contributed by atoms with E-state index < -0.39 is 0 Å². The van der Waals surface area contributed by atoms with Crippen molar-refractivity contribution in [3.63, 3.8) is 0 Å². The van der Waals surface area contributed by atoms with Crippen molar-refractivity contribution < 1.29 is 23.8 Å². The van der Waals surface area contributed by atoms with Gasteiger partial charge in [-0.25, -0.2) is 4.79 Å². The van der Waals surface area contributed by atoms with Crippen molar-refractivity contribution in [2.24, 2.45) is 0 Å². The first-order valence-electron chi connectivity index (χ1n) is 9.35. The molecule has 0 bridgehead atoms. The molecule has 5 nitrogen and oxygen atoms in total. The van der Waals surface area contributed by atoms with Gasteiger partial charge in [0.05, 0.1) is 19.8 Å². The topological polar surface area (TPSA) is 61.8 Å². The lowest BCUT2D eigenvalue weighted by Crippen LogP contribution is -2.01. The fourth-order valence-electron chi connectivity index (χ4n) is 2.74. The van der Waals surface area contributed by atoms with Gasteiger partial charge in [0.1, 0.15) is 18.1 Å². The summed E-state index contributed by atoms with van der Waals surface area (Å²) in [6.07, 6.45) is 3.30. The predicted molar refractivity (Wildman–Crippen MR) is 115 cm³/mol. The van der Waals surface area contributed by atoms with Crippen LogP contribution in [0.2, 0.25) is 0 Å². The normalized spacial score (nSPS) is 10.6. The molecule has 0 fully saturated rings. The summed E-state index contributed by atoms with van der Waals surface area (Å²) < 4.78 is 15.6. The Morgan fingerprint density at radius 3 is 2.23 bits per heavy atom. The summed E-state index contributed by atoms with van der Waals surface area (Å²) in [4.78, 5) is 23.8. The van der Waals surface area contributed by atoms with Crippen molar-refractivity contribution >= 4 is 17.8 Å². The molecule has 5 heteroatoms. The zero-order valence-corrected chi connectivity index (χ0v) is 16.8. The second-order valence-corrected chi connectivity index (χ2v) is 6.48. The Balaban J connectivity index is 1.56. The zero-order chi connectivity index (χ0) is 21.3. The minimum Gasteiger partial charge on any atom is -0.497 e. The molecular weight excluding hydrogens is 380 g/mol. The molecule has 0 aliphatic rings. The number of esters is 1. The largest absolute Gasteiger partial charge is 0.497 e. The maximum atomic E-state index is 12.3. The molecule has 152 valence electrons. The zero-order valence-electron chi connectivity index (χ0n) is 16.8. The smallest absolute Gasteiger partial charge is 0.337 e. The number of benzene rings is 3. The van der Waals surface area contributed by atoms with E-state index in [1.165, 1.54) is 13.2 Å². The van der Waals surface area contributed by atoms with Crippen molar-refractivity contribution in [3.05, 3.63) is 101 Å². The van der Waals surface area contributed by atoms with Gasteiger partial charge in [-0.2, -0.15) is 0 Å². The lowest BCUT2D eigenvalue weighted by Gasteiger charge is -2.07. The Labute approximate surface area is 175 Å². The van der Waals surface area contributed by atoms with Crippen LogP contribution < -0.4 is 9.47 Å². The number of carbonyl (C=O) groups is 2. The van der Waals surface area contributed by atoms with E-state index in [1.807, 2.05) is 36.4 Å². The van der Waals surface area contributed by atoms with Gasteiger partial charge >= 0.3 is 5.97 Å². The van der Waals surface area contributed by atoms with E-state index in [0.717, 1.165) is 11.1 Å². The van der Waals surface area contributed by atoms with Crippen LogP contribution in [0.1, 0.15) is 31.8 Å². The van der Waals surface area contributed by atoms with Gasteiger partial charge in [0, 0.05) is 5.56 Å². The second-order valence-electron chi connectivity index (χ2n) is 6.48. The molecule has 0 radical (unpaired) electrons. The van der Waals surface area contributed by atoms with Crippen LogP contribution in [0.25, 0.3) is 6.08 Å². The minimum absolute atomic E-state index is 0.0929. The molecule has 0 atom stereocenters. The van der Waals surface area contributed by atoms with Gasteiger partial charge in [-0.3, -0.25) is 4.79 Å². The Morgan fingerprint density at radius 2 is 1.57 bits per heavy atom. The molecule has 0 N–H and O–H groups in total.